The summed E-state index contributed by atoms with van der Waals surface area (Å²) < 4.78 is 55.4. The molecular formula is C25H31F3O2. The highest BCUT2D eigenvalue weighted by Gasteiger charge is 2.26. The van der Waals surface area contributed by atoms with Crippen molar-refractivity contribution < 1.29 is 22.6 Å². The van der Waals surface area contributed by atoms with Gasteiger partial charge in [0.2, 0.25) is 0 Å². The first-order chi connectivity index (χ1) is 14.5. The Morgan fingerprint density at radius 2 is 1.80 bits per heavy atom. The van der Waals surface area contributed by atoms with E-state index in [0.29, 0.717) is 42.7 Å². The summed E-state index contributed by atoms with van der Waals surface area (Å²) in [6, 6.07) is 7.68. The van der Waals surface area contributed by atoms with Crippen molar-refractivity contribution in [3.63, 3.8) is 0 Å². The summed E-state index contributed by atoms with van der Waals surface area (Å²) in [5, 5.41) is 0. The van der Waals surface area contributed by atoms with Gasteiger partial charge in [0.15, 0.2) is 11.6 Å². The molecule has 0 amide bonds. The van der Waals surface area contributed by atoms with Crippen molar-refractivity contribution in [2.24, 2.45) is 0 Å². The van der Waals surface area contributed by atoms with Gasteiger partial charge in [-0.25, -0.2) is 13.2 Å². The highest BCUT2D eigenvalue weighted by Crippen LogP contribution is 2.34. The number of rotatable bonds is 9. The van der Waals surface area contributed by atoms with Crippen LogP contribution in [0.1, 0.15) is 69.6 Å². The van der Waals surface area contributed by atoms with E-state index in [9.17, 15) is 13.2 Å². The summed E-state index contributed by atoms with van der Waals surface area (Å²) in [5.41, 5.74) is 1.23. The van der Waals surface area contributed by atoms with Crippen LogP contribution in [-0.4, -0.2) is 19.3 Å². The van der Waals surface area contributed by atoms with Crippen molar-refractivity contribution in [1.29, 1.82) is 0 Å². The van der Waals surface area contributed by atoms with Crippen molar-refractivity contribution in [1.82, 2.24) is 0 Å². The Hall–Kier alpha value is -1.85. The molecule has 2 atom stereocenters. The van der Waals surface area contributed by atoms with Crippen LogP contribution in [0, 0.1) is 17.5 Å². The van der Waals surface area contributed by atoms with Gasteiger partial charge in [-0.3, -0.25) is 0 Å². The molecule has 1 aliphatic rings. The average Bonchev–Trinajstić information content (AvgIpc) is 2.76. The monoisotopic (exact) mass is 420 g/mol. The Bertz CT molecular complexity index is 829. The second-order valence-corrected chi connectivity index (χ2v) is 7.99. The van der Waals surface area contributed by atoms with Gasteiger partial charge in [-0.2, -0.15) is 0 Å². The highest BCUT2D eigenvalue weighted by molar-refractivity contribution is 5.65. The second kappa shape index (κ2) is 11.0. The van der Waals surface area contributed by atoms with E-state index in [1.165, 1.54) is 6.07 Å². The van der Waals surface area contributed by atoms with Crippen molar-refractivity contribution in [3.05, 3.63) is 58.9 Å². The number of aryl methyl sites for hydroxylation is 1. The molecule has 1 aliphatic heterocycles. The fourth-order valence-electron chi connectivity index (χ4n) is 3.92. The van der Waals surface area contributed by atoms with Gasteiger partial charge < -0.3 is 9.47 Å². The van der Waals surface area contributed by atoms with Crippen LogP contribution in [0.4, 0.5) is 13.2 Å². The molecule has 0 aliphatic carbocycles. The summed E-state index contributed by atoms with van der Waals surface area (Å²) in [6.45, 7) is 5.25. The van der Waals surface area contributed by atoms with Crippen LogP contribution in [0.2, 0.25) is 0 Å². The predicted octanol–water partition coefficient (Wildman–Crippen LogP) is 7.15. The lowest BCUT2D eigenvalue weighted by molar-refractivity contribution is -0.0874. The first-order valence-electron chi connectivity index (χ1n) is 11.0. The molecule has 3 rings (SSSR count). The van der Waals surface area contributed by atoms with Crippen LogP contribution < -0.4 is 0 Å². The van der Waals surface area contributed by atoms with E-state index in [1.54, 1.807) is 24.3 Å². The molecule has 164 valence electrons. The third-order valence-electron chi connectivity index (χ3n) is 5.66. The van der Waals surface area contributed by atoms with Crippen molar-refractivity contribution in [2.45, 2.75) is 71.0 Å². The van der Waals surface area contributed by atoms with Gasteiger partial charge in [0.05, 0.1) is 18.8 Å². The van der Waals surface area contributed by atoms with Gasteiger partial charge in [0, 0.05) is 17.7 Å². The van der Waals surface area contributed by atoms with Gasteiger partial charge in [-0.1, -0.05) is 51.0 Å². The summed E-state index contributed by atoms with van der Waals surface area (Å²) in [5.74, 6) is -2.21. The van der Waals surface area contributed by atoms with E-state index in [2.05, 4.69) is 13.8 Å². The lowest BCUT2D eigenvalue weighted by Gasteiger charge is -2.29. The number of hydrogen-bond acceptors (Lipinski definition) is 2. The van der Waals surface area contributed by atoms with Crippen LogP contribution in [0.5, 0.6) is 0 Å². The maximum absolute atomic E-state index is 14.8. The zero-order valence-electron chi connectivity index (χ0n) is 17.9. The Morgan fingerprint density at radius 1 is 0.967 bits per heavy atom. The molecule has 1 heterocycles. The molecule has 0 spiro atoms. The average molecular weight is 421 g/mol. The smallest absolute Gasteiger partial charge is 0.166 e. The van der Waals surface area contributed by atoms with Crippen LogP contribution in [0.3, 0.4) is 0 Å². The molecule has 2 aromatic carbocycles. The molecular weight excluding hydrogens is 389 g/mol. The molecule has 0 radical (unpaired) electrons. The Morgan fingerprint density at radius 3 is 2.47 bits per heavy atom. The third kappa shape index (κ3) is 5.44. The number of halogens is 3. The molecule has 2 nitrogen and oxygen atoms in total. The normalized spacial score (nSPS) is 19.2. The lowest BCUT2D eigenvalue weighted by atomic mass is 9.95. The van der Waals surface area contributed by atoms with E-state index in [4.69, 9.17) is 9.47 Å². The fourth-order valence-corrected chi connectivity index (χ4v) is 3.92. The summed E-state index contributed by atoms with van der Waals surface area (Å²) in [6.07, 6.45) is 5.46. The molecule has 1 fully saturated rings. The summed E-state index contributed by atoms with van der Waals surface area (Å²) in [7, 11) is 0. The van der Waals surface area contributed by atoms with Crippen LogP contribution in [0.25, 0.3) is 11.1 Å². The number of ether oxygens (including phenoxy) is 2. The zero-order valence-corrected chi connectivity index (χ0v) is 17.9. The van der Waals surface area contributed by atoms with Gasteiger partial charge in [0.25, 0.3) is 0 Å². The third-order valence-corrected chi connectivity index (χ3v) is 5.66. The molecule has 30 heavy (non-hydrogen) atoms. The Balaban J connectivity index is 1.72. The maximum atomic E-state index is 14.8. The standard InChI is InChI=1S/C25H31F3O2/c1-3-5-6-7-17-8-11-20(25(28)24(17)27)18-9-12-21(22(26)15-18)23-13-10-19(16-30-23)29-14-4-2/h8-9,11-12,15,19,23H,3-7,10,13-14,16H2,1-2H3. The molecule has 5 heteroatoms. The first-order valence-corrected chi connectivity index (χ1v) is 11.0. The molecule has 2 aromatic rings. The molecule has 2 unspecified atom stereocenters. The first kappa shape index (κ1) is 22.8. The van der Waals surface area contributed by atoms with E-state index in [0.717, 1.165) is 32.1 Å². The van der Waals surface area contributed by atoms with E-state index >= 15 is 0 Å². The lowest BCUT2D eigenvalue weighted by Crippen LogP contribution is -2.28. The highest BCUT2D eigenvalue weighted by atomic mass is 19.2. The number of unbranched alkanes of at least 4 members (excludes halogenated alkanes) is 2. The molecule has 0 bridgehead atoms. The Kier molecular flexibility index (Phi) is 8.34. The minimum atomic E-state index is -0.916. The van der Waals surface area contributed by atoms with Crippen molar-refractivity contribution in [3.8, 4) is 11.1 Å². The summed E-state index contributed by atoms with van der Waals surface area (Å²) >= 11 is 0. The minimum Gasteiger partial charge on any atom is -0.376 e. The minimum absolute atomic E-state index is 0.0523. The van der Waals surface area contributed by atoms with Gasteiger partial charge >= 0.3 is 0 Å². The number of hydrogen-bond donors (Lipinski definition) is 0. The zero-order chi connectivity index (χ0) is 21.5. The van der Waals surface area contributed by atoms with E-state index in [-0.39, 0.29) is 17.8 Å². The molecule has 0 aromatic heterocycles. The van der Waals surface area contributed by atoms with Crippen LogP contribution in [0.15, 0.2) is 30.3 Å². The Labute approximate surface area is 177 Å². The van der Waals surface area contributed by atoms with Crippen LogP contribution in [-0.2, 0) is 15.9 Å². The maximum Gasteiger partial charge on any atom is 0.166 e. The van der Waals surface area contributed by atoms with E-state index in [1.807, 2.05) is 0 Å². The SMILES string of the molecule is CCCCCc1ccc(-c2ccc(C3CCC(OCCC)CO3)c(F)c2)c(F)c1F. The topological polar surface area (TPSA) is 18.5 Å². The van der Waals surface area contributed by atoms with E-state index < -0.39 is 17.5 Å². The second-order valence-electron chi connectivity index (χ2n) is 7.99. The molecule has 0 saturated carbocycles. The van der Waals surface area contributed by atoms with Crippen molar-refractivity contribution in [2.75, 3.05) is 13.2 Å². The van der Waals surface area contributed by atoms with Crippen molar-refractivity contribution >= 4 is 0 Å². The quantitative estimate of drug-likeness (QED) is 0.401. The predicted molar refractivity (Wildman–Crippen MR) is 113 cm³/mol. The van der Waals surface area contributed by atoms with Gasteiger partial charge in [0.1, 0.15) is 5.82 Å². The fraction of sp³-hybridized carbons (Fsp3) is 0.520. The van der Waals surface area contributed by atoms with Crippen LogP contribution >= 0.6 is 0 Å². The summed E-state index contributed by atoms with van der Waals surface area (Å²) in [4.78, 5) is 0. The largest absolute Gasteiger partial charge is 0.376 e. The van der Waals surface area contributed by atoms with Gasteiger partial charge in [-0.05, 0) is 49.3 Å². The molecule has 1 saturated heterocycles. The molecule has 0 N–H and O–H groups in total. The number of benzene rings is 2. The van der Waals surface area contributed by atoms with Gasteiger partial charge in [-0.15, -0.1) is 0 Å².